The van der Waals surface area contributed by atoms with Crippen molar-refractivity contribution in [1.82, 2.24) is 15.3 Å². The van der Waals surface area contributed by atoms with Gasteiger partial charge in [0, 0.05) is 31.1 Å². The van der Waals surface area contributed by atoms with Crippen molar-refractivity contribution < 1.29 is 23.8 Å². The zero-order valence-electron chi connectivity index (χ0n) is 19.4. The summed E-state index contributed by atoms with van der Waals surface area (Å²) in [6.07, 6.45) is 2.62. The zero-order chi connectivity index (χ0) is 24.6. The number of oxazole rings is 1. The number of ether oxygens (including phenoxy) is 1. The molecule has 0 saturated heterocycles. The summed E-state index contributed by atoms with van der Waals surface area (Å²) in [4.78, 5) is 30.9. The van der Waals surface area contributed by atoms with Crippen LogP contribution in [0, 0.1) is 6.92 Å². The van der Waals surface area contributed by atoms with E-state index >= 15 is 0 Å². The molecule has 8 heteroatoms. The van der Waals surface area contributed by atoms with Crippen LogP contribution in [-0.2, 0) is 24.2 Å². The lowest BCUT2D eigenvalue weighted by Gasteiger charge is -2.13. The Bertz CT molecular complexity index is 1280. The van der Waals surface area contributed by atoms with Gasteiger partial charge in [-0.1, -0.05) is 24.3 Å². The number of benzene rings is 2. The molecule has 0 fully saturated rings. The van der Waals surface area contributed by atoms with Crippen LogP contribution in [0.4, 0.5) is 0 Å². The number of carbonyl (C=O) groups excluding carboxylic acids is 1. The molecule has 0 atom stereocenters. The van der Waals surface area contributed by atoms with Gasteiger partial charge in [0.2, 0.25) is 5.89 Å². The number of rotatable bonds is 11. The molecule has 1 amide bonds. The molecular weight excluding hydrogens is 446 g/mol. The number of aromatic nitrogens is 2. The van der Waals surface area contributed by atoms with Crippen LogP contribution >= 0.6 is 0 Å². The number of carboxylic acids is 1. The van der Waals surface area contributed by atoms with E-state index in [-0.39, 0.29) is 18.9 Å². The largest absolute Gasteiger partial charge is 0.493 e. The minimum atomic E-state index is -0.871. The van der Waals surface area contributed by atoms with Crippen LogP contribution in [0.1, 0.15) is 39.5 Å². The van der Waals surface area contributed by atoms with Crippen molar-refractivity contribution in [1.29, 1.82) is 0 Å². The van der Waals surface area contributed by atoms with Gasteiger partial charge in [0.1, 0.15) is 17.2 Å². The van der Waals surface area contributed by atoms with E-state index in [0.717, 1.165) is 28.1 Å². The Morgan fingerprint density at radius 2 is 1.89 bits per heavy atom. The summed E-state index contributed by atoms with van der Waals surface area (Å²) in [6, 6.07) is 18.7. The SMILES string of the molecule is Cc1oc(-c2ccccc2)nc1CCOc1ccc(CCC(=O)O)c(CNC(=O)c2ccc[nH]2)c1. The lowest BCUT2D eigenvalue weighted by Crippen LogP contribution is -2.23. The van der Waals surface area contributed by atoms with Crippen LogP contribution in [0.2, 0.25) is 0 Å². The van der Waals surface area contributed by atoms with Gasteiger partial charge >= 0.3 is 5.97 Å². The first-order chi connectivity index (χ1) is 17.0. The van der Waals surface area contributed by atoms with Crippen LogP contribution in [0.3, 0.4) is 0 Å². The van der Waals surface area contributed by atoms with Crippen molar-refractivity contribution in [3.63, 3.8) is 0 Å². The molecule has 0 aliphatic rings. The molecule has 8 nitrogen and oxygen atoms in total. The Labute approximate surface area is 203 Å². The number of H-pyrrole nitrogens is 1. The van der Waals surface area contributed by atoms with E-state index in [4.69, 9.17) is 14.3 Å². The van der Waals surface area contributed by atoms with E-state index in [1.165, 1.54) is 0 Å². The van der Waals surface area contributed by atoms with Crippen molar-refractivity contribution in [2.45, 2.75) is 32.7 Å². The summed E-state index contributed by atoms with van der Waals surface area (Å²) < 4.78 is 11.8. The fraction of sp³-hybridized carbons (Fsp3) is 0.222. The first-order valence-corrected chi connectivity index (χ1v) is 11.4. The maximum atomic E-state index is 12.3. The fourth-order valence-corrected chi connectivity index (χ4v) is 3.71. The van der Waals surface area contributed by atoms with Crippen LogP contribution in [0.25, 0.3) is 11.5 Å². The maximum absolute atomic E-state index is 12.3. The number of hydrogen-bond acceptors (Lipinski definition) is 5. The molecule has 0 aliphatic heterocycles. The summed E-state index contributed by atoms with van der Waals surface area (Å²) in [5.74, 6) is 0.869. The number of nitrogens with zero attached hydrogens (tertiary/aromatic N) is 1. The average molecular weight is 474 g/mol. The summed E-state index contributed by atoms with van der Waals surface area (Å²) in [7, 11) is 0. The second-order valence-corrected chi connectivity index (χ2v) is 8.08. The lowest BCUT2D eigenvalue weighted by molar-refractivity contribution is -0.136. The molecule has 3 N–H and O–H groups in total. The average Bonchev–Trinajstić information content (AvgIpc) is 3.53. The number of aromatic amines is 1. The molecule has 2 heterocycles. The predicted octanol–water partition coefficient (Wildman–Crippen LogP) is 4.55. The van der Waals surface area contributed by atoms with Gasteiger partial charge in [-0.15, -0.1) is 0 Å². The Kier molecular flexibility index (Phi) is 7.62. The number of carbonyl (C=O) groups is 2. The van der Waals surface area contributed by atoms with Crippen molar-refractivity contribution in [3.8, 4) is 17.2 Å². The highest BCUT2D eigenvalue weighted by atomic mass is 16.5. The van der Waals surface area contributed by atoms with E-state index in [2.05, 4.69) is 15.3 Å². The van der Waals surface area contributed by atoms with Crippen LogP contribution in [-0.4, -0.2) is 33.6 Å². The minimum absolute atomic E-state index is 0.00691. The van der Waals surface area contributed by atoms with Gasteiger partial charge < -0.3 is 24.6 Å². The molecule has 35 heavy (non-hydrogen) atoms. The number of amides is 1. The third-order valence-electron chi connectivity index (χ3n) is 5.59. The normalized spacial score (nSPS) is 10.8. The molecule has 4 aromatic rings. The van der Waals surface area contributed by atoms with Crippen LogP contribution in [0.15, 0.2) is 71.3 Å². The minimum Gasteiger partial charge on any atom is -0.493 e. The Morgan fingerprint density at radius 1 is 1.06 bits per heavy atom. The van der Waals surface area contributed by atoms with E-state index < -0.39 is 5.97 Å². The van der Waals surface area contributed by atoms with Crippen LogP contribution < -0.4 is 10.1 Å². The number of aliphatic carboxylic acids is 1. The van der Waals surface area contributed by atoms with E-state index in [9.17, 15) is 9.59 Å². The topological polar surface area (TPSA) is 117 Å². The van der Waals surface area contributed by atoms with Gasteiger partial charge in [-0.05, 0) is 60.9 Å². The van der Waals surface area contributed by atoms with Crippen molar-refractivity contribution in [2.24, 2.45) is 0 Å². The molecule has 4 rings (SSSR count). The molecule has 0 radical (unpaired) electrons. The van der Waals surface area contributed by atoms with Gasteiger partial charge in [0.25, 0.3) is 5.91 Å². The summed E-state index contributed by atoms with van der Waals surface area (Å²) in [5, 5.41) is 11.9. The van der Waals surface area contributed by atoms with Crippen molar-refractivity contribution in [2.75, 3.05) is 6.61 Å². The summed E-state index contributed by atoms with van der Waals surface area (Å²) >= 11 is 0. The highest BCUT2D eigenvalue weighted by molar-refractivity contribution is 5.92. The third-order valence-corrected chi connectivity index (χ3v) is 5.59. The number of nitrogens with one attached hydrogen (secondary N) is 2. The first-order valence-electron chi connectivity index (χ1n) is 11.4. The van der Waals surface area contributed by atoms with E-state index in [1.54, 1.807) is 18.3 Å². The molecule has 0 aliphatic carbocycles. The standard InChI is InChI=1S/C27H27N3O5/c1-18-23(30-27(35-18)20-6-3-2-4-7-20)13-15-34-22-11-9-19(10-12-25(31)32)21(16-22)17-29-26(33)24-8-5-14-28-24/h2-9,11,14,16,28H,10,12-13,15,17H2,1H3,(H,29,33)(H,31,32). The Balaban J connectivity index is 1.40. The maximum Gasteiger partial charge on any atom is 0.303 e. The molecule has 0 saturated carbocycles. The predicted molar refractivity (Wildman–Crippen MR) is 130 cm³/mol. The smallest absolute Gasteiger partial charge is 0.303 e. The number of aryl methyl sites for hydroxylation is 2. The second kappa shape index (κ2) is 11.2. The molecular formula is C27H27N3O5. The lowest BCUT2D eigenvalue weighted by atomic mass is 10.0. The fourth-order valence-electron chi connectivity index (χ4n) is 3.71. The molecule has 0 unspecified atom stereocenters. The van der Waals surface area contributed by atoms with Gasteiger partial charge in [-0.2, -0.15) is 0 Å². The van der Waals surface area contributed by atoms with Gasteiger partial charge in [0.15, 0.2) is 0 Å². The first kappa shape index (κ1) is 23.8. The zero-order valence-corrected chi connectivity index (χ0v) is 19.4. The molecule has 0 bridgehead atoms. The van der Waals surface area contributed by atoms with E-state index in [0.29, 0.717) is 36.8 Å². The monoisotopic (exact) mass is 473 g/mol. The Hall–Kier alpha value is -4.33. The van der Waals surface area contributed by atoms with Gasteiger partial charge in [-0.25, -0.2) is 4.98 Å². The van der Waals surface area contributed by atoms with Gasteiger partial charge in [0.05, 0.1) is 12.3 Å². The highest BCUT2D eigenvalue weighted by Gasteiger charge is 2.13. The van der Waals surface area contributed by atoms with Crippen molar-refractivity contribution in [3.05, 3.63) is 95.1 Å². The highest BCUT2D eigenvalue weighted by Crippen LogP contribution is 2.23. The van der Waals surface area contributed by atoms with Crippen molar-refractivity contribution >= 4 is 11.9 Å². The third kappa shape index (κ3) is 6.38. The number of carboxylic acid groups (broad SMARTS) is 1. The molecule has 180 valence electrons. The summed E-state index contributed by atoms with van der Waals surface area (Å²) in [6.45, 7) is 2.54. The van der Waals surface area contributed by atoms with Gasteiger partial charge in [-0.3, -0.25) is 9.59 Å². The Morgan fingerprint density at radius 3 is 2.63 bits per heavy atom. The van der Waals surface area contributed by atoms with Crippen LogP contribution in [0.5, 0.6) is 5.75 Å². The molecule has 0 spiro atoms. The molecule has 2 aromatic heterocycles. The number of hydrogen-bond donors (Lipinski definition) is 3. The summed E-state index contributed by atoms with van der Waals surface area (Å²) in [5.41, 5.74) is 3.88. The molecule has 2 aromatic carbocycles. The van der Waals surface area contributed by atoms with E-state index in [1.807, 2.05) is 55.5 Å². The quantitative estimate of drug-likeness (QED) is 0.294. The second-order valence-electron chi connectivity index (χ2n) is 8.08.